The lowest BCUT2D eigenvalue weighted by Crippen LogP contribution is -2.32. The molecule has 0 heterocycles. The number of phenolic OH excluding ortho intramolecular Hbond substituents is 1. The normalized spacial score (nSPS) is 12.4. The van der Waals surface area contributed by atoms with Gasteiger partial charge in [-0.05, 0) is 19.1 Å². The highest BCUT2D eigenvalue weighted by Gasteiger charge is 2.12. The van der Waals surface area contributed by atoms with Crippen LogP contribution >= 0.6 is 0 Å². The van der Waals surface area contributed by atoms with Gasteiger partial charge in [-0.15, -0.1) is 0 Å². The number of benzene rings is 1. The zero-order valence-electron chi connectivity index (χ0n) is 9.58. The molecule has 1 rings (SSSR count). The van der Waals surface area contributed by atoms with Crippen molar-refractivity contribution in [2.75, 3.05) is 7.11 Å². The zero-order valence-corrected chi connectivity index (χ0v) is 9.58. The summed E-state index contributed by atoms with van der Waals surface area (Å²) in [6, 6.07) is 6.65. The summed E-state index contributed by atoms with van der Waals surface area (Å²) < 4.78 is 0. The van der Waals surface area contributed by atoms with Crippen molar-refractivity contribution in [1.82, 2.24) is 5.48 Å². The van der Waals surface area contributed by atoms with Gasteiger partial charge >= 0.3 is 0 Å². The molecule has 0 aromatic heterocycles. The minimum Gasteiger partial charge on any atom is -0.507 e. The van der Waals surface area contributed by atoms with Gasteiger partial charge in [-0.1, -0.05) is 17.3 Å². The summed E-state index contributed by atoms with van der Waals surface area (Å²) in [5.74, 6) is -0.351. The Morgan fingerprint density at radius 1 is 1.53 bits per heavy atom. The lowest BCUT2D eigenvalue weighted by atomic mass is 10.2. The molecule has 0 bridgehead atoms. The van der Waals surface area contributed by atoms with Crippen molar-refractivity contribution in [1.29, 1.82) is 0 Å². The summed E-state index contributed by atoms with van der Waals surface area (Å²) in [7, 11) is 1.33. The van der Waals surface area contributed by atoms with Gasteiger partial charge in [-0.3, -0.25) is 9.63 Å². The van der Waals surface area contributed by atoms with E-state index in [1.807, 2.05) is 0 Å². The van der Waals surface area contributed by atoms with E-state index in [0.717, 1.165) is 0 Å². The highest BCUT2D eigenvalue weighted by atomic mass is 16.7. The Bertz CT molecular complexity index is 406. The van der Waals surface area contributed by atoms with E-state index >= 15 is 0 Å². The molecule has 0 saturated heterocycles. The Morgan fingerprint density at radius 2 is 2.24 bits per heavy atom. The van der Waals surface area contributed by atoms with Crippen LogP contribution in [0.1, 0.15) is 12.5 Å². The number of hydroxylamine groups is 1. The predicted octanol–water partition coefficient (Wildman–Crippen LogP) is 0.809. The molecule has 0 saturated carbocycles. The number of oxime groups is 1. The van der Waals surface area contributed by atoms with Crippen LogP contribution in [0, 0.1) is 0 Å². The molecule has 92 valence electrons. The van der Waals surface area contributed by atoms with Crippen LogP contribution in [0.2, 0.25) is 0 Å². The number of hydrogen-bond acceptors (Lipinski definition) is 5. The second-order valence-electron chi connectivity index (χ2n) is 3.21. The Labute approximate surface area is 98.8 Å². The summed E-state index contributed by atoms with van der Waals surface area (Å²) in [4.78, 5) is 20.5. The Hall–Kier alpha value is -2.08. The smallest absolute Gasteiger partial charge is 0.287 e. The number of amides is 1. The predicted molar refractivity (Wildman–Crippen MR) is 61.4 cm³/mol. The molecule has 0 aliphatic rings. The van der Waals surface area contributed by atoms with Crippen molar-refractivity contribution in [3.05, 3.63) is 29.8 Å². The maximum absolute atomic E-state index is 11.2. The van der Waals surface area contributed by atoms with Crippen molar-refractivity contribution in [3.63, 3.8) is 0 Å². The maximum atomic E-state index is 11.2. The number of para-hydroxylation sites is 1. The van der Waals surface area contributed by atoms with E-state index in [0.29, 0.717) is 5.56 Å². The van der Waals surface area contributed by atoms with Gasteiger partial charge in [0.15, 0.2) is 0 Å². The van der Waals surface area contributed by atoms with Crippen molar-refractivity contribution < 1.29 is 19.6 Å². The van der Waals surface area contributed by atoms with Gasteiger partial charge in [-0.25, -0.2) is 5.48 Å². The number of nitrogens with zero attached hydrogens (tertiary/aromatic N) is 1. The third-order valence-electron chi connectivity index (χ3n) is 1.92. The summed E-state index contributed by atoms with van der Waals surface area (Å²) in [6.07, 6.45) is 0.545. The molecule has 0 unspecified atom stereocenters. The highest BCUT2D eigenvalue weighted by molar-refractivity contribution is 5.83. The van der Waals surface area contributed by atoms with Crippen LogP contribution in [0.25, 0.3) is 0 Å². The van der Waals surface area contributed by atoms with E-state index in [-0.39, 0.29) is 5.75 Å². The molecule has 0 spiro atoms. The summed E-state index contributed by atoms with van der Waals surface area (Å²) in [6.45, 7) is 1.52. The third-order valence-corrected chi connectivity index (χ3v) is 1.92. The molecule has 1 amide bonds. The van der Waals surface area contributed by atoms with E-state index in [4.69, 9.17) is 4.84 Å². The molecule has 0 aliphatic carbocycles. The molecule has 1 atom stereocenters. The van der Waals surface area contributed by atoms with Crippen LogP contribution in [0.3, 0.4) is 0 Å². The third kappa shape index (κ3) is 4.12. The number of carbonyl (C=O) groups is 1. The lowest BCUT2D eigenvalue weighted by molar-refractivity contribution is -0.142. The van der Waals surface area contributed by atoms with Crippen molar-refractivity contribution in [3.8, 4) is 5.75 Å². The van der Waals surface area contributed by atoms with Crippen molar-refractivity contribution >= 4 is 12.1 Å². The summed E-state index contributed by atoms with van der Waals surface area (Å²) >= 11 is 0. The lowest BCUT2D eigenvalue weighted by Gasteiger charge is -2.08. The topological polar surface area (TPSA) is 80.2 Å². The second kappa shape index (κ2) is 6.49. The Morgan fingerprint density at radius 3 is 2.88 bits per heavy atom. The minimum absolute atomic E-state index is 0.0915. The number of hydrogen-bond donors (Lipinski definition) is 2. The van der Waals surface area contributed by atoms with Gasteiger partial charge in [0.25, 0.3) is 5.91 Å². The summed E-state index contributed by atoms with van der Waals surface area (Å²) in [5, 5.41) is 13.0. The van der Waals surface area contributed by atoms with Crippen LogP contribution in [-0.2, 0) is 14.5 Å². The first kappa shape index (κ1) is 13.0. The van der Waals surface area contributed by atoms with Gasteiger partial charge < -0.3 is 9.94 Å². The fraction of sp³-hybridized carbons (Fsp3) is 0.273. The van der Waals surface area contributed by atoms with Gasteiger partial charge in [0, 0.05) is 5.56 Å². The first-order valence-electron chi connectivity index (χ1n) is 4.95. The average Bonchev–Trinajstić information content (AvgIpc) is 2.31. The van der Waals surface area contributed by atoms with E-state index in [1.54, 1.807) is 18.2 Å². The van der Waals surface area contributed by atoms with Gasteiger partial charge in [0.1, 0.15) is 5.75 Å². The maximum Gasteiger partial charge on any atom is 0.287 e. The first-order valence-corrected chi connectivity index (χ1v) is 4.95. The monoisotopic (exact) mass is 238 g/mol. The number of rotatable bonds is 5. The van der Waals surface area contributed by atoms with Gasteiger partial charge in [0.05, 0.1) is 13.3 Å². The zero-order chi connectivity index (χ0) is 12.7. The molecule has 2 N–H and O–H groups in total. The van der Waals surface area contributed by atoms with Crippen LogP contribution in [0.15, 0.2) is 29.4 Å². The minimum atomic E-state index is -0.781. The summed E-state index contributed by atoms with van der Waals surface area (Å²) in [5.41, 5.74) is 2.62. The molecule has 0 radical (unpaired) electrons. The molecule has 1 aromatic rings. The number of nitrogens with one attached hydrogen (secondary N) is 1. The van der Waals surface area contributed by atoms with Crippen molar-refractivity contribution in [2.24, 2.45) is 5.16 Å². The number of phenols is 1. The first-order chi connectivity index (χ1) is 8.15. The van der Waals surface area contributed by atoms with Crippen molar-refractivity contribution in [2.45, 2.75) is 13.0 Å². The van der Waals surface area contributed by atoms with Crippen LogP contribution in [0.5, 0.6) is 5.75 Å². The molecule has 0 fully saturated rings. The molecule has 6 nitrogen and oxygen atoms in total. The van der Waals surface area contributed by atoms with Crippen LogP contribution in [-0.4, -0.2) is 30.4 Å². The molecular formula is C11H14N2O4. The van der Waals surface area contributed by atoms with Crippen LogP contribution in [0.4, 0.5) is 0 Å². The quantitative estimate of drug-likeness (QED) is 0.587. The van der Waals surface area contributed by atoms with E-state index in [1.165, 1.54) is 26.3 Å². The standard InChI is InChI=1S/C11H14N2O4/c1-8(11(15)13-16-2)17-12-7-9-5-3-4-6-10(9)14/h3-8,14H,1-2H3,(H,13,15)/b12-7+/t8-/m0/s1. The van der Waals surface area contributed by atoms with Gasteiger partial charge in [0.2, 0.25) is 6.10 Å². The Kier molecular flexibility index (Phi) is 4.96. The molecule has 0 aliphatic heterocycles. The Balaban J connectivity index is 2.51. The largest absolute Gasteiger partial charge is 0.507 e. The molecule has 6 heteroatoms. The molecule has 17 heavy (non-hydrogen) atoms. The van der Waals surface area contributed by atoms with E-state index in [9.17, 15) is 9.90 Å². The van der Waals surface area contributed by atoms with Gasteiger partial charge in [-0.2, -0.15) is 0 Å². The fourth-order valence-corrected chi connectivity index (χ4v) is 1.01. The number of aromatic hydroxyl groups is 1. The highest BCUT2D eigenvalue weighted by Crippen LogP contribution is 2.12. The van der Waals surface area contributed by atoms with Crippen LogP contribution < -0.4 is 5.48 Å². The molecular weight excluding hydrogens is 224 g/mol. The number of carbonyl (C=O) groups excluding carboxylic acids is 1. The van der Waals surface area contributed by atoms with E-state index < -0.39 is 12.0 Å². The molecule has 1 aromatic carbocycles. The second-order valence-corrected chi connectivity index (χ2v) is 3.21. The fourth-order valence-electron chi connectivity index (χ4n) is 1.01. The average molecular weight is 238 g/mol. The van der Waals surface area contributed by atoms with E-state index in [2.05, 4.69) is 15.5 Å². The SMILES string of the molecule is CONC(=O)[C@H](C)O/N=C/c1ccccc1O.